The molecule has 112 valence electrons. The number of piperidine rings is 1. The van der Waals surface area contributed by atoms with Crippen LogP contribution in [0.2, 0.25) is 5.15 Å². The highest BCUT2D eigenvalue weighted by Crippen LogP contribution is 2.23. The zero-order valence-corrected chi connectivity index (χ0v) is 13.2. The molecule has 1 atom stereocenters. The van der Waals surface area contributed by atoms with Gasteiger partial charge in [-0.1, -0.05) is 11.6 Å². The lowest BCUT2D eigenvalue weighted by Gasteiger charge is -2.33. The summed E-state index contributed by atoms with van der Waals surface area (Å²) < 4.78 is 27.1. The summed E-state index contributed by atoms with van der Waals surface area (Å²) in [6, 6.07) is 0. The van der Waals surface area contributed by atoms with E-state index < -0.39 is 10.2 Å². The Labute approximate surface area is 125 Å². The van der Waals surface area contributed by atoms with Gasteiger partial charge < -0.3 is 0 Å². The predicted molar refractivity (Wildman–Crippen MR) is 77.6 cm³/mol. The van der Waals surface area contributed by atoms with Crippen LogP contribution in [0, 0.1) is 5.92 Å². The third-order valence-corrected chi connectivity index (χ3v) is 5.51. The van der Waals surface area contributed by atoms with Crippen molar-refractivity contribution in [2.24, 2.45) is 5.92 Å². The van der Waals surface area contributed by atoms with Crippen LogP contribution < -0.4 is 0 Å². The maximum atomic E-state index is 12.1. The van der Waals surface area contributed by atoms with Gasteiger partial charge in [0.2, 0.25) is 0 Å². The third-order valence-electron chi connectivity index (χ3n) is 3.42. The summed E-state index contributed by atoms with van der Waals surface area (Å²) in [4.78, 5) is 8.23. The van der Waals surface area contributed by atoms with E-state index in [-0.39, 0.29) is 5.92 Å². The summed E-state index contributed by atoms with van der Waals surface area (Å²) in [6.45, 7) is 1.10. The molecule has 2 heterocycles. The topological polar surface area (TPSA) is 66.4 Å². The first kappa shape index (κ1) is 15.6. The van der Waals surface area contributed by atoms with Crippen molar-refractivity contribution in [2.75, 3.05) is 27.2 Å². The highest BCUT2D eigenvalue weighted by atomic mass is 35.5. The van der Waals surface area contributed by atoms with Crippen molar-refractivity contribution in [3.05, 3.63) is 23.2 Å². The largest absolute Gasteiger partial charge is 0.281 e. The standard InChI is InChI=1S/C12H19ClN4O2S/c1-16(2)20(18,19)17-5-3-4-10(9-17)6-11-7-14-8-12(13)15-11/h7-8,10H,3-6,9H2,1-2H3. The molecule has 1 aromatic heterocycles. The van der Waals surface area contributed by atoms with Gasteiger partial charge in [-0.25, -0.2) is 4.98 Å². The van der Waals surface area contributed by atoms with Crippen molar-refractivity contribution in [3.63, 3.8) is 0 Å². The van der Waals surface area contributed by atoms with Crippen molar-refractivity contribution in [3.8, 4) is 0 Å². The van der Waals surface area contributed by atoms with Gasteiger partial charge in [0.15, 0.2) is 0 Å². The summed E-state index contributed by atoms with van der Waals surface area (Å²) in [5.41, 5.74) is 0.812. The Morgan fingerprint density at radius 1 is 1.45 bits per heavy atom. The molecule has 0 spiro atoms. The van der Waals surface area contributed by atoms with E-state index in [2.05, 4.69) is 9.97 Å². The van der Waals surface area contributed by atoms with Crippen LogP contribution in [-0.2, 0) is 16.6 Å². The quantitative estimate of drug-likeness (QED) is 0.836. The van der Waals surface area contributed by atoms with E-state index in [1.807, 2.05) is 0 Å². The molecule has 20 heavy (non-hydrogen) atoms. The second-order valence-corrected chi connectivity index (χ2v) is 7.72. The fraction of sp³-hybridized carbons (Fsp3) is 0.667. The molecule has 8 heteroatoms. The lowest BCUT2D eigenvalue weighted by atomic mass is 9.95. The van der Waals surface area contributed by atoms with Crippen molar-refractivity contribution in [1.29, 1.82) is 0 Å². The van der Waals surface area contributed by atoms with E-state index in [1.54, 1.807) is 24.6 Å². The molecule has 1 unspecified atom stereocenters. The summed E-state index contributed by atoms with van der Waals surface area (Å²) in [5.74, 6) is 0.256. The fourth-order valence-electron chi connectivity index (χ4n) is 2.41. The molecule has 0 bridgehead atoms. The minimum atomic E-state index is -3.33. The molecule has 0 N–H and O–H groups in total. The monoisotopic (exact) mass is 318 g/mol. The van der Waals surface area contributed by atoms with Gasteiger partial charge in [-0.15, -0.1) is 0 Å². The maximum absolute atomic E-state index is 12.1. The van der Waals surface area contributed by atoms with Crippen LogP contribution in [0.3, 0.4) is 0 Å². The minimum absolute atomic E-state index is 0.256. The molecule has 0 amide bonds. The van der Waals surface area contributed by atoms with Crippen molar-refractivity contribution in [1.82, 2.24) is 18.6 Å². The molecule has 2 rings (SSSR count). The SMILES string of the molecule is CN(C)S(=O)(=O)N1CCCC(Cc2cncc(Cl)n2)C1. The van der Waals surface area contributed by atoms with Crippen LogP contribution in [-0.4, -0.2) is 54.2 Å². The number of nitrogens with zero attached hydrogens (tertiary/aromatic N) is 4. The van der Waals surface area contributed by atoms with E-state index >= 15 is 0 Å². The van der Waals surface area contributed by atoms with Crippen LogP contribution in [0.4, 0.5) is 0 Å². The molecular weight excluding hydrogens is 300 g/mol. The normalized spacial score (nSPS) is 21.3. The van der Waals surface area contributed by atoms with Crippen molar-refractivity contribution < 1.29 is 8.42 Å². The third kappa shape index (κ3) is 3.66. The van der Waals surface area contributed by atoms with Crippen molar-refractivity contribution in [2.45, 2.75) is 19.3 Å². The second-order valence-electron chi connectivity index (χ2n) is 5.19. The first-order valence-corrected chi connectivity index (χ1v) is 8.31. The summed E-state index contributed by atoms with van der Waals surface area (Å²) in [7, 11) is -0.215. The molecular formula is C12H19ClN4O2S. The summed E-state index contributed by atoms with van der Waals surface area (Å²) >= 11 is 5.82. The molecule has 1 aromatic rings. The molecule has 1 saturated heterocycles. The van der Waals surface area contributed by atoms with Crippen LogP contribution in [0.15, 0.2) is 12.4 Å². The van der Waals surface area contributed by atoms with Crippen LogP contribution in [0.1, 0.15) is 18.5 Å². The lowest BCUT2D eigenvalue weighted by molar-refractivity contribution is 0.253. The number of hydrogen-bond acceptors (Lipinski definition) is 4. The van der Waals surface area contributed by atoms with E-state index in [0.29, 0.717) is 24.7 Å². The molecule has 1 aliphatic rings. The fourth-order valence-corrected chi connectivity index (χ4v) is 3.79. The van der Waals surface area contributed by atoms with E-state index in [4.69, 9.17) is 11.6 Å². The maximum Gasteiger partial charge on any atom is 0.281 e. The first-order valence-electron chi connectivity index (χ1n) is 6.53. The number of halogens is 1. The number of rotatable bonds is 4. The first-order chi connectivity index (χ1) is 9.39. The van der Waals surface area contributed by atoms with Gasteiger partial charge in [-0.2, -0.15) is 17.0 Å². The predicted octanol–water partition coefficient (Wildman–Crippen LogP) is 1.19. The molecule has 1 aliphatic heterocycles. The molecule has 0 radical (unpaired) electrons. The average Bonchev–Trinajstić information content (AvgIpc) is 2.39. The number of hydrogen-bond donors (Lipinski definition) is 0. The van der Waals surface area contributed by atoms with Gasteiger partial charge in [0.05, 0.1) is 11.9 Å². The van der Waals surface area contributed by atoms with Gasteiger partial charge in [0.25, 0.3) is 10.2 Å². The van der Waals surface area contributed by atoms with E-state index in [0.717, 1.165) is 18.5 Å². The van der Waals surface area contributed by atoms with Crippen LogP contribution >= 0.6 is 11.6 Å². The smallest absolute Gasteiger partial charge is 0.260 e. The Balaban J connectivity index is 2.04. The molecule has 0 aromatic carbocycles. The minimum Gasteiger partial charge on any atom is -0.260 e. The van der Waals surface area contributed by atoms with Crippen LogP contribution in [0.25, 0.3) is 0 Å². The van der Waals surface area contributed by atoms with E-state index in [9.17, 15) is 8.42 Å². The van der Waals surface area contributed by atoms with Gasteiger partial charge in [-0.3, -0.25) is 4.98 Å². The Morgan fingerprint density at radius 2 is 2.20 bits per heavy atom. The molecule has 1 fully saturated rings. The highest BCUT2D eigenvalue weighted by Gasteiger charge is 2.30. The van der Waals surface area contributed by atoms with Crippen LogP contribution in [0.5, 0.6) is 0 Å². The summed E-state index contributed by atoms with van der Waals surface area (Å²) in [5, 5.41) is 0.371. The van der Waals surface area contributed by atoms with Gasteiger partial charge in [0.1, 0.15) is 5.15 Å². The molecule has 0 saturated carbocycles. The van der Waals surface area contributed by atoms with Gasteiger partial charge in [0, 0.05) is 33.4 Å². The molecule has 0 aliphatic carbocycles. The van der Waals surface area contributed by atoms with E-state index in [1.165, 1.54) is 10.5 Å². The summed E-state index contributed by atoms with van der Waals surface area (Å²) in [6.07, 6.45) is 5.74. The Hall–Kier alpha value is -0.760. The van der Waals surface area contributed by atoms with Crippen molar-refractivity contribution >= 4 is 21.8 Å². The van der Waals surface area contributed by atoms with Gasteiger partial charge in [-0.05, 0) is 25.2 Å². The molecule has 6 nitrogen and oxygen atoms in total. The lowest BCUT2D eigenvalue weighted by Crippen LogP contribution is -2.45. The second kappa shape index (κ2) is 6.34. The van der Waals surface area contributed by atoms with Gasteiger partial charge >= 0.3 is 0 Å². The Morgan fingerprint density at radius 3 is 2.85 bits per heavy atom. The Kier molecular flexibility index (Phi) is 4.95. The Bertz CT molecular complexity index is 564. The zero-order chi connectivity index (χ0) is 14.8. The number of aromatic nitrogens is 2. The highest BCUT2D eigenvalue weighted by molar-refractivity contribution is 7.86. The zero-order valence-electron chi connectivity index (χ0n) is 11.7. The average molecular weight is 319 g/mol.